The second-order valence-corrected chi connectivity index (χ2v) is 7.77. The summed E-state index contributed by atoms with van der Waals surface area (Å²) in [5, 5.41) is 0.729. The fourth-order valence-electron chi connectivity index (χ4n) is 4.14. The summed E-state index contributed by atoms with van der Waals surface area (Å²) in [5.41, 5.74) is 1.31. The molecule has 3 aliphatic rings. The second kappa shape index (κ2) is 3.79. The van der Waals surface area contributed by atoms with Crippen molar-refractivity contribution in [3.05, 3.63) is 34.9 Å². The van der Waals surface area contributed by atoms with Gasteiger partial charge in [0.25, 0.3) is 0 Å². The zero-order valence-corrected chi connectivity index (χ0v) is 12.8. The third-order valence-corrected chi connectivity index (χ3v) is 6.18. The van der Waals surface area contributed by atoms with Crippen molar-refractivity contribution in [2.75, 3.05) is 13.1 Å². The zero-order valence-electron chi connectivity index (χ0n) is 12.0. The van der Waals surface area contributed by atoms with Gasteiger partial charge in [-0.1, -0.05) is 37.6 Å². The fourth-order valence-corrected chi connectivity index (χ4v) is 4.33. The molecule has 2 saturated carbocycles. The Morgan fingerprint density at radius 2 is 1.90 bits per heavy atom. The van der Waals surface area contributed by atoms with E-state index in [4.69, 9.17) is 11.6 Å². The molecule has 3 fully saturated rings. The summed E-state index contributed by atoms with van der Waals surface area (Å²) in [6, 6.07) is 7.85. The number of benzene rings is 1. The van der Waals surface area contributed by atoms with E-state index >= 15 is 0 Å². The molecule has 0 unspecified atom stereocenters. The maximum absolute atomic E-state index is 12.9. The maximum Gasteiger partial charge on any atom is 0.233 e. The van der Waals surface area contributed by atoms with E-state index < -0.39 is 0 Å². The summed E-state index contributed by atoms with van der Waals surface area (Å²) >= 11 is 6.09. The van der Waals surface area contributed by atoms with Crippen LogP contribution in [-0.2, 0) is 10.2 Å². The van der Waals surface area contributed by atoms with Gasteiger partial charge < -0.3 is 4.90 Å². The predicted octanol–water partition coefficient (Wildman–Crippen LogP) is 3.49. The summed E-state index contributed by atoms with van der Waals surface area (Å²) in [6.45, 7) is 6.57. The van der Waals surface area contributed by atoms with E-state index in [2.05, 4.69) is 24.8 Å². The normalized spacial score (nSPS) is 31.9. The molecule has 0 radical (unpaired) electrons. The minimum atomic E-state index is -0.258. The summed E-state index contributed by atoms with van der Waals surface area (Å²) in [6.07, 6.45) is 1.95. The van der Waals surface area contributed by atoms with Gasteiger partial charge in [-0.3, -0.25) is 4.79 Å². The van der Waals surface area contributed by atoms with Crippen LogP contribution in [0.1, 0.15) is 32.3 Å². The summed E-state index contributed by atoms with van der Waals surface area (Å²) in [4.78, 5) is 15.0. The number of likely N-dealkylation sites (tertiary alicyclic amines) is 1. The Morgan fingerprint density at radius 3 is 2.45 bits per heavy atom. The van der Waals surface area contributed by atoms with Crippen LogP contribution in [0.4, 0.5) is 0 Å². The zero-order chi connectivity index (χ0) is 14.1. The molecule has 0 bridgehead atoms. The molecule has 1 aromatic carbocycles. The Kier molecular flexibility index (Phi) is 2.41. The molecule has 0 spiro atoms. The number of carbonyl (C=O) groups excluding carboxylic acids is 1. The smallest absolute Gasteiger partial charge is 0.233 e. The van der Waals surface area contributed by atoms with Crippen molar-refractivity contribution in [3.63, 3.8) is 0 Å². The van der Waals surface area contributed by atoms with Gasteiger partial charge in [0.1, 0.15) is 0 Å². The van der Waals surface area contributed by atoms with Crippen molar-refractivity contribution in [1.82, 2.24) is 4.90 Å². The second-order valence-electron chi connectivity index (χ2n) is 7.34. The topological polar surface area (TPSA) is 20.3 Å². The highest BCUT2D eigenvalue weighted by Crippen LogP contribution is 2.63. The number of nitrogens with zero attached hydrogens (tertiary/aromatic N) is 1. The van der Waals surface area contributed by atoms with Crippen LogP contribution in [0.2, 0.25) is 5.02 Å². The Labute approximate surface area is 125 Å². The molecule has 1 saturated heterocycles. The van der Waals surface area contributed by atoms with Crippen molar-refractivity contribution in [1.29, 1.82) is 0 Å². The van der Waals surface area contributed by atoms with Crippen molar-refractivity contribution in [3.8, 4) is 0 Å². The van der Waals surface area contributed by atoms with E-state index in [1.165, 1.54) is 0 Å². The highest BCUT2D eigenvalue weighted by molar-refractivity contribution is 6.30. The van der Waals surface area contributed by atoms with Crippen molar-refractivity contribution >= 4 is 17.5 Å². The first-order valence-electron chi connectivity index (χ1n) is 7.50. The maximum atomic E-state index is 12.9. The number of fused-ring (bicyclic) bond motifs is 1. The fraction of sp³-hybridized carbons (Fsp3) is 0.588. The number of carbonyl (C=O) groups is 1. The van der Waals surface area contributed by atoms with Crippen molar-refractivity contribution in [2.45, 2.75) is 32.1 Å². The van der Waals surface area contributed by atoms with Gasteiger partial charge in [0, 0.05) is 18.1 Å². The van der Waals surface area contributed by atoms with Crippen molar-refractivity contribution < 1.29 is 4.79 Å². The number of piperidine rings is 1. The molecular weight excluding hydrogens is 270 g/mol. The summed E-state index contributed by atoms with van der Waals surface area (Å²) in [5.74, 6) is 1.78. The average Bonchev–Trinajstić information content (AvgIpc) is 3.23. The number of amides is 1. The van der Waals surface area contributed by atoms with Crippen LogP contribution in [0.3, 0.4) is 0 Å². The summed E-state index contributed by atoms with van der Waals surface area (Å²) in [7, 11) is 0. The van der Waals surface area contributed by atoms with Crippen LogP contribution in [0.25, 0.3) is 0 Å². The van der Waals surface area contributed by atoms with E-state index in [0.29, 0.717) is 11.3 Å². The number of hydrogen-bond donors (Lipinski definition) is 0. The molecule has 0 N–H and O–H groups in total. The van der Waals surface area contributed by atoms with Crippen LogP contribution in [0.15, 0.2) is 24.3 Å². The van der Waals surface area contributed by atoms with Gasteiger partial charge in [0.05, 0.1) is 5.41 Å². The molecule has 2 aliphatic carbocycles. The average molecular weight is 290 g/mol. The lowest BCUT2D eigenvalue weighted by Crippen LogP contribution is -2.40. The van der Waals surface area contributed by atoms with Crippen LogP contribution < -0.4 is 0 Å². The molecule has 1 aromatic rings. The number of rotatable bonds is 2. The van der Waals surface area contributed by atoms with Gasteiger partial charge >= 0.3 is 0 Å². The molecule has 3 heteroatoms. The van der Waals surface area contributed by atoms with E-state index in [0.717, 1.165) is 48.4 Å². The lowest BCUT2D eigenvalue weighted by Gasteiger charge is -2.27. The molecule has 2 atom stereocenters. The minimum Gasteiger partial charge on any atom is -0.341 e. The van der Waals surface area contributed by atoms with Crippen LogP contribution in [-0.4, -0.2) is 23.9 Å². The molecule has 1 heterocycles. The molecular formula is C17H20ClNO. The standard InChI is InChI=1S/C17H20ClNO/c1-16(2)13-9-19(10-14(13)16)15(20)17(6-7-17)11-4-3-5-12(18)8-11/h3-5,8,13-14H,6-7,9-10H2,1-2H3/t13-,14+. The third kappa shape index (κ3) is 1.60. The number of hydrogen-bond acceptors (Lipinski definition) is 1. The molecule has 20 heavy (non-hydrogen) atoms. The first-order valence-corrected chi connectivity index (χ1v) is 7.88. The van der Waals surface area contributed by atoms with Crippen LogP contribution >= 0.6 is 11.6 Å². The van der Waals surface area contributed by atoms with E-state index in [1.807, 2.05) is 18.2 Å². The summed E-state index contributed by atoms with van der Waals surface area (Å²) < 4.78 is 0. The number of halogens is 1. The molecule has 106 valence electrons. The Hall–Kier alpha value is -1.02. The first-order chi connectivity index (χ1) is 9.45. The lowest BCUT2D eigenvalue weighted by molar-refractivity contribution is -0.133. The van der Waals surface area contributed by atoms with Gasteiger partial charge in [-0.25, -0.2) is 0 Å². The van der Waals surface area contributed by atoms with Gasteiger partial charge in [0.15, 0.2) is 0 Å². The van der Waals surface area contributed by atoms with Crippen LogP contribution in [0, 0.1) is 17.3 Å². The largest absolute Gasteiger partial charge is 0.341 e. The molecule has 1 aliphatic heterocycles. The predicted molar refractivity (Wildman–Crippen MR) is 79.7 cm³/mol. The Balaban J connectivity index is 1.55. The monoisotopic (exact) mass is 289 g/mol. The highest BCUT2D eigenvalue weighted by atomic mass is 35.5. The van der Waals surface area contributed by atoms with Gasteiger partial charge in [-0.2, -0.15) is 0 Å². The first kappa shape index (κ1) is 12.7. The molecule has 1 amide bonds. The van der Waals surface area contributed by atoms with Crippen molar-refractivity contribution in [2.24, 2.45) is 17.3 Å². The van der Waals surface area contributed by atoms with Crippen LogP contribution in [0.5, 0.6) is 0 Å². The minimum absolute atomic E-state index is 0.258. The molecule has 0 aromatic heterocycles. The lowest BCUT2D eigenvalue weighted by atomic mass is 9.94. The molecule has 2 nitrogen and oxygen atoms in total. The van der Waals surface area contributed by atoms with Gasteiger partial charge in [-0.05, 0) is 47.8 Å². The van der Waals surface area contributed by atoms with E-state index in [9.17, 15) is 4.79 Å². The van der Waals surface area contributed by atoms with Gasteiger partial charge in [0.2, 0.25) is 5.91 Å². The Morgan fingerprint density at radius 1 is 1.25 bits per heavy atom. The van der Waals surface area contributed by atoms with E-state index in [1.54, 1.807) is 0 Å². The molecule has 4 rings (SSSR count). The van der Waals surface area contributed by atoms with E-state index in [-0.39, 0.29) is 5.41 Å². The highest BCUT2D eigenvalue weighted by Gasteiger charge is 2.64. The SMILES string of the molecule is CC1(C)[C@@H]2CN(C(=O)C3(c4cccc(Cl)c4)CC3)C[C@@H]21. The van der Waals surface area contributed by atoms with Gasteiger partial charge in [-0.15, -0.1) is 0 Å². The third-order valence-electron chi connectivity index (χ3n) is 5.95. The Bertz CT molecular complexity index is 576. The quantitative estimate of drug-likeness (QED) is 0.816.